The van der Waals surface area contributed by atoms with Crippen molar-refractivity contribution in [3.05, 3.63) is 65.7 Å². The normalized spacial score (nSPS) is 26.9. The minimum absolute atomic E-state index is 0.0327. The minimum atomic E-state index is -0.288. The Balaban J connectivity index is 1.13. The van der Waals surface area contributed by atoms with Gasteiger partial charge in [0.25, 0.3) is 0 Å². The van der Waals surface area contributed by atoms with E-state index in [0.29, 0.717) is 16.8 Å². The van der Waals surface area contributed by atoms with Crippen LogP contribution >= 0.6 is 0 Å². The van der Waals surface area contributed by atoms with Crippen molar-refractivity contribution in [1.82, 2.24) is 4.90 Å². The molecular weight excluding hydrogens is 404 g/mol. The molecule has 160 valence electrons. The van der Waals surface area contributed by atoms with Gasteiger partial charge in [-0.25, -0.2) is 0 Å². The second-order valence-electron chi connectivity index (χ2n) is 9.10. The van der Waals surface area contributed by atoms with Crippen LogP contribution in [0.4, 0.5) is 5.69 Å². The predicted molar refractivity (Wildman–Crippen MR) is 118 cm³/mol. The van der Waals surface area contributed by atoms with Gasteiger partial charge in [-0.3, -0.25) is 24.1 Å². The van der Waals surface area contributed by atoms with Crippen molar-refractivity contribution in [2.75, 3.05) is 11.9 Å². The van der Waals surface area contributed by atoms with Gasteiger partial charge in [-0.2, -0.15) is 0 Å². The number of ketones is 1. The number of anilines is 1. The predicted octanol–water partition coefficient (Wildman–Crippen LogP) is 3.42. The van der Waals surface area contributed by atoms with Crippen molar-refractivity contribution in [3.63, 3.8) is 0 Å². The van der Waals surface area contributed by atoms with Crippen LogP contribution in [-0.4, -0.2) is 34.9 Å². The molecule has 7 rings (SSSR count). The van der Waals surface area contributed by atoms with Crippen molar-refractivity contribution in [3.8, 4) is 11.1 Å². The Morgan fingerprint density at radius 2 is 1.47 bits per heavy atom. The summed E-state index contributed by atoms with van der Waals surface area (Å²) in [6.07, 6.45) is 6.12. The summed E-state index contributed by atoms with van der Waals surface area (Å²) in [5.74, 6) is -0.810. The zero-order chi connectivity index (χ0) is 22.0. The van der Waals surface area contributed by atoms with E-state index in [-0.39, 0.29) is 60.1 Å². The van der Waals surface area contributed by atoms with Crippen molar-refractivity contribution in [2.24, 2.45) is 23.7 Å². The smallest absolute Gasteiger partial charge is 0.233 e. The highest BCUT2D eigenvalue weighted by atomic mass is 16.2. The van der Waals surface area contributed by atoms with Crippen LogP contribution in [0.5, 0.6) is 0 Å². The molecule has 0 aromatic heterocycles. The Labute approximate surface area is 185 Å². The molecule has 32 heavy (non-hydrogen) atoms. The zero-order valence-electron chi connectivity index (χ0n) is 17.4. The number of nitrogens with zero attached hydrogens (tertiary/aromatic N) is 1. The van der Waals surface area contributed by atoms with E-state index in [1.807, 2.05) is 24.3 Å². The van der Waals surface area contributed by atoms with E-state index in [1.54, 1.807) is 18.2 Å². The van der Waals surface area contributed by atoms with Crippen molar-refractivity contribution in [1.29, 1.82) is 0 Å². The molecule has 4 aliphatic carbocycles. The molecule has 0 radical (unpaired) electrons. The third kappa shape index (κ3) is 2.72. The molecule has 0 unspecified atom stereocenters. The van der Waals surface area contributed by atoms with Gasteiger partial charge in [0.15, 0.2) is 5.78 Å². The molecule has 2 bridgehead atoms. The number of hydrogen-bond acceptors (Lipinski definition) is 4. The highest BCUT2D eigenvalue weighted by Crippen LogP contribution is 2.49. The summed E-state index contributed by atoms with van der Waals surface area (Å²) < 4.78 is 0. The van der Waals surface area contributed by atoms with E-state index in [4.69, 9.17) is 0 Å². The fourth-order valence-corrected chi connectivity index (χ4v) is 5.90. The second-order valence-corrected chi connectivity index (χ2v) is 9.10. The van der Waals surface area contributed by atoms with Crippen molar-refractivity contribution < 1.29 is 19.2 Å². The van der Waals surface area contributed by atoms with E-state index >= 15 is 0 Å². The Kier molecular flexibility index (Phi) is 4.18. The maximum Gasteiger partial charge on any atom is 0.233 e. The van der Waals surface area contributed by atoms with Gasteiger partial charge in [0.1, 0.15) is 0 Å². The molecule has 2 fully saturated rings. The van der Waals surface area contributed by atoms with Crippen LogP contribution in [0.15, 0.2) is 54.6 Å². The first kappa shape index (κ1) is 19.2. The number of fused-ring (bicyclic) bond motifs is 4. The van der Waals surface area contributed by atoms with Gasteiger partial charge in [-0.15, -0.1) is 0 Å². The van der Waals surface area contributed by atoms with E-state index in [0.717, 1.165) is 24.0 Å². The number of likely N-dealkylation sites (tertiary alicyclic amines) is 1. The van der Waals surface area contributed by atoms with Gasteiger partial charge in [0, 0.05) is 29.8 Å². The molecule has 6 heteroatoms. The van der Waals surface area contributed by atoms with Crippen molar-refractivity contribution >= 4 is 29.2 Å². The highest BCUT2D eigenvalue weighted by Gasteiger charge is 2.56. The lowest BCUT2D eigenvalue weighted by molar-refractivity contribution is -0.140. The molecule has 1 saturated heterocycles. The van der Waals surface area contributed by atoms with Gasteiger partial charge in [0.2, 0.25) is 17.7 Å². The first-order chi connectivity index (χ1) is 15.5. The third-order valence-corrected chi connectivity index (χ3v) is 7.42. The molecule has 1 aliphatic heterocycles. The number of benzene rings is 2. The molecular formula is C26H22N2O4. The Bertz CT molecular complexity index is 1200. The maximum atomic E-state index is 12.9. The minimum Gasteiger partial charge on any atom is -0.326 e. The lowest BCUT2D eigenvalue weighted by Crippen LogP contribution is -2.38. The van der Waals surface area contributed by atoms with Crippen molar-refractivity contribution in [2.45, 2.75) is 19.3 Å². The molecule has 0 spiro atoms. The van der Waals surface area contributed by atoms with Crippen LogP contribution in [0.1, 0.15) is 35.2 Å². The summed E-state index contributed by atoms with van der Waals surface area (Å²) in [7, 11) is 0. The quantitative estimate of drug-likeness (QED) is 0.512. The Morgan fingerprint density at radius 3 is 2.12 bits per heavy atom. The molecule has 1 heterocycles. The number of hydrogen-bond donors (Lipinski definition) is 1. The van der Waals surface area contributed by atoms with Gasteiger partial charge in [0.05, 0.1) is 11.8 Å². The second kappa shape index (κ2) is 6.99. The van der Waals surface area contributed by atoms with E-state index in [2.05, 4.69) is 17.5 Å². The Morgan fingerprint density at radius 1 is 0.844 bits per heavy atom. The number of carbonyl (C=O) groups is 4. The first-order valence-corrected chi connectivity index (χ1v) is 11.1. The number of rotatable bonds is 4. The summed E-state index contributed by atoms with van der Waals surface area (Å²) in [4.78, 5) is 52.3. The number of carbonyl (C=O) groups excluding carboxylic acids is 4. The molecule has 5 aliphatic rings. The molecule has 1 saturated carbocycles. The largest absolute Gasteiger partial charge is 0.326 e. The topological polar surface area (TPSA) is 83.6 Å². The SMILES string of the molecule is O=C(CCN1C(=O)[C@@H]2[C@@H](C1=O)[C@H]1C=C[C@H]2CC1)Nc1ccc2c(c1)C(=O)c1ccccc1-2. The zero-order valence-corrected chi connectivity index (χ0v) is 17.4. The highest BCUT2D eigenvalue weighted by molar-refractivity contribution is 6.22. The lowest BCUT2D eigenvalue weighted by atomic mass is 9.63. The standard InChI is InChI=1S/C26H22N2O4/c29-21(11-12-28-25(31)22-14-5-6-15(8-7-14)23(22)26(28)32)27-16-9-10-18-17-3-1-2-4-19(17)24(30)20(18)13-16/h1-6,9-10,13-15,22-23H,7-8,11-12H2,(H,27,29)/t14-,15-,22-,23-/m0/s1. The summed E-state index contributed by atoms with van der Waals surface area (Å²) in [5, 5.41) is 2.81. The molecule has 1 N–H and O–H groups in total. The fraction of sp³-hybridized carbons (Fsp3) is 0.308. The number of amides is 3. The monoisotopic (exact) mass is 426 g/mol. The van der Waals surface area contributed by atoms with E-state index in [9.17, 15) is 19.2 Å². The van der Waals surface area contributed by atoms with E-state index in [1.165, 1.54) is 4.90 Å². The van der Waals surface area contributed by atoms with E-state index < -0.39 is 0 Å². The molecule has 2 aromatic rings. The van der Waals surface area contributed by atoms with Crippen LogP contribution in [0.3, 0.4) is 0 Å². The number of allylic oxidation sites excluding steroid dienone is 2. The average Bonchev–Trinajstić information content (AvgIpc) is 3.25. The Hall–Kier alpha value is -3.54. The maximum absolute atomic E-state index is 12.9. The summed E-state index contributed by atoms with van der Waals surface area (Å²) in [5.41, 5.74) is 3.54. The van der Waals surface area contributed by atoms with Gasteiger partial charge in [-0.05, 0) is 47.9 Å². The van der Waals surface area contributed by atoms with Gasteiger partial charge >= 0.3 is 0 Å². The molecule has 6 nitrogen and oxygen atoms in total. The molecule has 2 aromatic carbocycles. The van der Waals surface area contributed by atoms with Crippen LogP contribution in [0.25, 0.3) is 11.1 Å². The van der Waals surface area contributed by atoms with Crippen LogP contribution < -0.4 is 5.32 Å². The molecule has 4 atom stereocenters. The van der Waals surface area contributed by atoms with Gasteiger partial charge < -0.3 is 5.32 Å². The summed E-state index contributed by atoms with van der Waals surface area (Å²) in [6, 6.07) is 12.8. The summed E-state index contributed by atoms with van der Waals surface area (Å²) in [6.45, 7) is 0.0885. The third-order valence-electron chi connectivity index (χ3n) is 7.42. The first-order valence-electron chi connectivity index (χ1n) is 11.1. The summed E-state index contributed by atoms with van der Waals surface area (Å²) >= 11 is 0. The van der Waals surface area contributed by atoms with Crippen LogP contribution in [0, 0.1) is 23.7 Å². The van der Waals surface area contributed by atoms with Gasteiger partial charge in [-0.1, -0.05) is 42.5 Å². The average molecular weight is 426 g/mol. The fourth-order valence-electron chi connectivity index (χ4n) is 5.90. The number of nitrogens with one attached hydrogen (secondary N) is 1. The van der Waals surface area contributed by atoms with Crippen LogP contribution in [-0.2, 0) is 14.4 Å². The lowest BCUT2D eigenvalue weighted by Gasteiger charge is -2.38. The molecule has 3 amide bonds. The number of imide groups is 1. The van der Waals surface area contributed by atoms with Crippen LogP contribution in [0.2, 0.25) is 0 Å².